The van der Waals surface area contributed by atoms with Gasteiger partial charge in [-0.05, 0) is 40.6 Å². The fourth-order valence-corrected chi connectivity index (χ4v) is 3.65. The van der Waals surface area contributed by atoms with Crippen molar-refractivity contribution in [2.75, 3.05) is 19.5 Å². The molecule has 1 aliphatic rings. The number of nitrogens with zero attached hydrogens (tertiary/aromatic N) is 4. The first kappa shape index (κ1) is 16.8. The topological polar surface area (TPSA) is 74.1 Å². The zero-order valence-corrected chi connectivity index (χ0v) is 16.0. The molecule has 2 aromatic carbocycles. The van der Waals surface area contributed by atoms with Gasteiger partial charge >= 0.3 is 0 Å². The van der Waals surface area contributed by atoms with E-state index in [2.05, 4.69) is 48.9 Å². The maximum Gasteiger partial charge on any atom is 0.243 e. The summed E-state index contributed by atoms with van der Waals surface area (Å²) in [6, 6.07) is 14.2. The number of methoxy groups -OCH3 is 2. The molecular weight excluding hydrogens is 398 g/mol. The van der Waals surface area contributed by atoms with E-state index in [0.717, 1.165) is 16.5 Å². The van der Waals surface area contributed by atoms with Crippen molar-refractivity contribution in [1.29, 1.82) is 0 Å². The van der Waals surface area contributed by atoms with Gasteiger partial charge in [-0.25, -0.2) is 4.68 Å². The van der Waals surface area contributed by atoms with Gasteiger partial charge in [-0.1, -0.05) is 45.3 Å². The van der Waals surface area contributed by atoms with Crippen LogP contribution >= 0.6 is 15.9 Å². The molecule has 4 rings (SSSR count). The lowest BCUT2D eigenvalue weighted by atomic mass is 9.92. The first-order chi connectivity index (χ1) is 12.7. The molecule has 0 fully saturated rings. The van der Waals surface area contributed by atoms with Crippen molar-refractivity contribution in [2.24, 2.45) is 0 Å². The molecule has 2 atom stereocenters. The monoisotopic (exact) mass is 415 g/mol. The van der Waals surface area contributed by atoms with Crippen molar-refractivity contribution in [2.45, 2.75) is 18.5 Å². The molecule has 26 heavy (non-hydrogen) atoms. The van der Waals surface area contributed by atoms with E-state index in [1.165, 1.54) is 5.56 Å². The standard InChI is InChI=1S/C18H18BrN5O2/c1-25-16-5-3-4-13(17(16)26-2)15-10-14(11-6-8-12(19)9-7-11)20-18-21-22-23-24(15)18/h3-9,14-15H,10H2,1-2H3,(H,20,21,23)/t14-,15+/m0/s1. The highest BCUT2D eigenvalue weighted by Gasteiger charge is 2.33. The number of rotatable bonds is 4. The van der Waals surface area contributed by atoms with Gasteiger partial charge < -0.3 is 14.8 Å². The predicted molar refractivity (Wildman–Crippen MR) is 101 cm³/mol. The lowest BCUT2D eigenvalue weighted by Gasteiger charge is -2.32. The average molecular weight is 416 g/mol. The summed E-state index contributed by atoms with van der Waals surface area (Å²) in [6.07, 6.45) is 0.781. The molecule has 0 unspecified atom stereocenters. The minimum atomic E-state index is -0.0695. The van der Waals surface area contributed by atoms with E-state index < -0.39 is 0 Å². The second-order valence-electron chi connectivity index (χ2n) is 6.03. The Kier molecular flexibility index (Phi) is 4.50. The second-order valence-corrected chi connectivity index (χ2v) is 6.95. The number of aromatic nitrogens is 4. The SMILES string of the molecule is COc1cccc([C@H]2C[C@@H](c3ccc(Br)cc3)Nc3nnnn32)c1OC. The van der Waals surface area contributed by atoms with Gasteiger partial charge in [-0.2, -0.15) is 0 Å². The molecule has 8 heteroatoms. The van der Waals surface area contributed by atoms with Crippen LogP contribution in [-0.4, -0.2) is 34.4 Å². The maximum absolute atomic E-state index is 5.64. The second kappa shape index (κ2) is 6.95. The third-order valence-electron chi connectivity index (χ3n) is 4.62. The van der Waals surface area contributed by atoms with E-state index in [0.29, 0.717) is 17.4 Å². The van der Waals surface area contributed by atoms with E-state index in [1.807, 2.05) is 30.3 Å². The smallest absolute Gasteiger partial charge is 0.243 e. The molecule has 7 nitrogen and oxygen atoms in total. The first-order valence-electron chi connectivity index (χ1n) is 8.22. The Morgan fingerprint density at radius 2 is 1.92 bits per heavy atom. The van der Waals surface area contributed by atoms with Crippen molar-refractivity contribution in [3.05, 3.63) is 58.1 Å². The van der Waals surface area contributed by atoms with Crippen molar-refractivity contribution < 1.29 is 9.47 Å². The molecule has 134 valence electrons. The molecule has 3 aromatic rings. The number of hydrogen-bond acceptors (Lipinski definition) is 6. The zero-order valence-electron chi connectivity index (χ0n) is 14.4. The minimum absolute atomic E-state index is 0.0695. The van der Waals surface area contributed by atoms with Crippen molar-refractivity contribution in [3.63, 3.8) is 0 Å². The van der Waals surface area contributed by atoms with Crippen molar-refractivity contribution in [3.8, 4) is 11.5 Å². The highest BCUT2D eigenvalue weighted by Crippen LogP contribution is 2.43. The summed E-state index contributed by atoms with van der Waals surface area (Å²) in [4.78, 5) is 0. The number of nitrogens with one attached hydrogen (secondary N) is 1. The molecule has 0 saturated heterocycles. The number of para-hydroxylation sites is 1. The van der Waals surface area contributed by atoms with Gasteiger partial charge in [-0.3, -0.25) is 0 Å². The Labute approximate surface area is 159 Å². The number of hydrogen-bond donors (Lipinski definition) is 1. The number of tetrazole rings is 1. The van der Waals surface area contributed by atoms with Gasteiger partial charge in [0.2, 0.25) is 5.95 Å². The summed E-state index contributed by atoms with van der Waals surface area (Å²) in [7, 11) is 3.28. The van der Waals surface area contributed by atoms with Gasteiger partial charge in [0.15, 0.2) is 11.5 Å². The summed E-state index contributed by atoms with van der Waals surface area (Å²) in [6.45, 7) is 0. The van der Waals surface area contributed by atoms with Crippen LogP contribution in [0.3, 0.4) is 0 Å². The van der Waals surface area contributed by atoms with Gasteiger partial charge in [-0.15, -0.1) is 0 Å². The fraction of sp³-hybridized carbons (Fsp3) is 0.278. The summed E-state index contributed by atoms with van der Waals surface area (Å²) < 4.78 is 13.9. The van der Waals surface area contributed by atoms with Crippen LogP contribution < -0.4 is 14.8 Å². The summed E-state index contributed by atoms with van der Waals surface area (Å²) in [5.41, 5.74) is 2.17. The van der Waals surface area contributed by atoms with E-state index in [-0.39, 0.29) is 12.1 Å². The van der Waals surface area contributed by atoms with Crippen LogP contribution in [0.2, 0.25) is 0 Å². The quantitative estimate of drug-likeness (QED) is 0.701. The molecule has 0 bridgehead atoms. The Balaban J connectivity index is 1.78. The lowest BCUT2D eigenvalue weighted by molar-refractivity contribution is 0.339. The minimum Gasteiger partial charge on any atom is -0.493 e. The number of benzene rings is 2. The highest BCUT2D eigenvalue weighted by atomic mass is 79.9. The molecule has 0 aliphatic carbocycles. The van der Waals surface area contributed by atoms with Gasteiger partial charge in [0, 0.05) is 10.0 Å². The third kappa shape index (κ3) is 2.90. The molecule has 2 heterocycles. The van der Waals surface area contributed by atoms with Crippen LogP contribution in [0.5, 0.6) is 11.5 Å². The first-order valence-corrected chi connectivity index (χ1v) is 9.01. The van der Waals surface area contributed by atoms with E-state index in [1.54, 1.807) is 18.9 Å². The molecule has 0 spiro atoms. The Hall–Kier alpha value is -2.61. The molecule has 1 aliphatic heterocycles. The highest BCUT2D eigenvalue weighted by molar-refractivity contribution is 9.10. The molecule has 1 N–H and O–H groups in total. The zero-order chi connectivity index (χ0) is 18.1. The van der Waals surface area contributed by atoms with Crippen LogP contribution in [0.15, 0.2) is 46.9 Å². The number of ether oxygens (including phenoxy) is 2. The average Bonchev–Trinajstić information content (AvgIpc) is 3.15. The van der Waals surface area contributed by atoms with Crippen LogP contribution in [0.4, 0.5) is 5.95 Å². The Morgan fingerprint density at radius 3 is 2.65 bits per heavy atom. The van der Waals surface area contributed by atoms with Crippen LogP contribution in [0.25, 0.3) is 0 Å². The van der Waals surface area contributed by atoms with Crippen molar-refractivity contribution >= 4 is 21.9 Å². The van der Waals surface area contributed by atoms with E-state index >= 15 is 0 Å². The molecule has 0 saturated carbocycles. The normalized spacial score (nSPS) is 18.7. The number of anilines is 1. The molecular formula is C18H18BrN5O2. The molecule has 0 amide bonds. The number of fused-ring (bicyclic) bond motifs is 1. The lowest BCUT2D eigenvalue weighted by Crippen LogP contribution is -2.28. The molecule has 0 radical (unpaired) electrons. The fourth-order valence-electron chi connectivity index (χ4n) is 3.38. The summed E-state index contributed by atoms with van der Waals surface area (Å²) in [5.74, 6) is 2.04. The van der Waals surface area contributed by atoms with Gasteiger partial charge in [0.05, 0.1) is 26.3 Å². The van der Waals surface area contributed by atoms with Crippen LogP contribution in [0.1, 0.15) is 29.6 Å². The predicted octanol–water partition coefficient (Wildman–Crippen LogP) is 3.60. The van der Waals surface area contributed by atoms with Crippen LogP contribution in [0, 0.1) is 0 Å². The van der Waals surface area contributed by atoms with Gasteiger partial charge in [0.1, 0.15) is 0 Å². The summed E-state index contributed by atoms with van der Waals surface area (Å²) in [5, 5.41) is 15.6. The van der Waals surface area contributed by atoms with E-state index in [4.69, 9.17) is 9.47 Å². The van der Waals surface area contributed by atoms with Gasteiger partial charge in [0.25, 0.3) is 0 Å². The maximum atomic E-state index is 5.64. The van der Waals surface area contributed by atoms with E-state index in [9.17, 15) is 0 Å². The number of halogens is 1. The Bertz CT molecular complexity index is 912. The summed E-state index contributed by atoms with van der Waals surface area (Å²) >= 11 is 3.49. The third-order valence-corrected chi connectivity index (χ3v) is 5.14. The van der Waals surface area contributed by atoms with Crippen LogP contribution in [-0.2, 0) is 0 Å². The Morgan fingerprint density at radius 1 is 1.12 bits per heavy atom. The van der Waals surface area contributed by atoms with Crippen molar-refractivity contribution in [1.82, 2.24) is 20.2 Å². The molecule has 1 aromatic heterocycles. The largest absolute Gasteiger partial charge is 0.493 e.